The molecule has 1 aromatic carbocycles. The first kappa shape index (κ1) is 13.0. The topological polar surface area (TPSA) is 56.2 Å². The highest BCUT2D eigenvalue weighted by atomic mass is 19.3. The highest BCUT2D eigenvalue weighted by Crippen LogP contribution is 2.25. The standard InChI is InChI=1S/C12H11F2N3O2/c1-17-7-6-9(16-17)11(18)15-8-4-2-3-5-10(8)19-12(13)14/h2-7,12H,1H3,(H,15,18). The van der Waals surface area contributed by atoms with Crippen LogP contribution < -0.4 is 10.1 Å². The maximum atomic E-state index is 12.2. The normalized spacial score (nSPS) is 10.5. The van der Waals surface area contributed by atoms with Gasteiger partial charge in [0.05, 0.1) is 5.69 Å². The average molecular weight is 267 g/mol. The minimum Gasteiger partial charge on any atom is -0.433 e. The van der Waals surface area contributed by atoms with E-state index in [1.165, 1.54) is 28.9 Å². The van der Waals surface area contributed by atoms with Gasteiger partial charge in [-0.15, -0.1) is 0 Å². The van der Waals surface area contributed by atoms with E-state index in [2.05, 4.69) is 15.2 Å². The number of carbonyl (C=O) groups is 1. The predicted molar refractivity (Wildman–Crippen MR) is 64.2 cm³/mol. The minimum atomic E-state index is -2.95. The Morgan fingerprint density at radius 2 is 2.11 bits per heavy atom. The summed E-state index contributed by atoms with van der Waals surface area (Å²) in [5.41, 5.74) is 0.354. The monoisotopic (exact) mass is 267 g/mol. The molecule has 1 heterocycles. The Kier molecular flexibility index (Phi) is 3.74. The number of ether oxygens (including phenoxy) is 1. The predicted octanol–water partition coefficient (Wildman–Crippen LogP) is 2.27. The number of anilines is 1. The lowest BCUT2D eigenvalue weighted by Gasteiger charge is -2.10. The molecule has 1 amide bonds. The van der Waals surface area contributed by atoms with Crippen LogP contribution in [0, 0.1) is 0 Å². The van der Waals surface area contributed by atoms with E-state index in [9.17, 15) is 13.6 Å². The van der Waals surface area contributed by atoms with Gasteiger partial charge in [0.15, 0.2) is 5.69 Å². The van der Waals surface area contributed by atoms with Crippen molar-refractivity contribution in [1.82, 2.24) is 9.78 Å². The van der Waals surface area contributed by atoms with Gasteiger partial charge in [0, 0.05) is 13.2 Å². The van der Waals surface area contributed by atoms with Crippen LogP contribution in [0.25, 0.3) is 0 Å². The molecule has 0 saturated carbocycles. The van der Waals surface area contributed by atoms with Crippen LogP contribution in [-0.2, 0) is 7.05 Å². The Balaban J connectivity index is 2.16. The molecule has 5 nitrogen and oxygen atoms in total. The van der Waals surface area contributed by atoms with Gasteiger partial charge in [0.25, 0.3) is 5.91 Å². The number of nitrogens with one attached hydrogen (secondary N) is 1. The molecule has 7 heteroatoms. The number of alkyl halides is 2. The third kappa shape index (κ3) is 3.27. The zero-order valence-corrected chi connectivity index (χ0v) is 10.0. The molecular formula is C12H11F2N3O2. The second-order valence-electron chi connectivity index (χ2n) is 3.70. The summed E-state index contributed by atoms with van der Waals surface area (Å²) in [4.78, 5) is 11.8. The van der Waals surface area contributed by atoms with Gasteiger partial charge >= 0.3 is 6.61 Å². The number of rotatable bonds is 4. The SMILES string of the molecule is Cn1ccc(C(=O)Nc2ccccc2OC(F)F)n1. The quantitative estimate of drug-likeness (QED) is 0.924. The number of para-hydroxylation sites is 2. The molecule has 2 rings (SSSR count). The first-order valence-corrected chi connectivity index (χ1v) is 5.41. The van der Waals surface area contributed by atoms with Crippen molar-refractivity contribution in [2.45, 2.75) is 6.61 Å². The largest absolute Gasteiger partial charge is 0.433 e. The molecule has 2 aromatic rings. The van der Waals surface area contributed by atoms with Crippen molar-refractivity contribution in [3.05, 3.63) is 42.2 Å². The number of amides is 1. The van der Waals surface area contributed by atoms with Crippen LogP contribution in [0.1, 0.15) is 10.5 Å². The molecule has 0 radical (unpaired) electrons. The summed E-state index contributed by atoms with van der Waals surface area (Å²) >= 11 is 0. The first-order chi connectivity index (χ1) is 9.06. The molecule has 100 valence electrons. The maximum Gasteiger partial charge on any atom is 0.387 e. The minimum absolute atomic E-state index is 0.0956. The van der Waals surface area contributed by atoms with Gasteiger partial charge < -0.3 is 10.1 Å². The van der Waals surface area contributed by atoms with E-state index >= 15 is 0 Å². The summed E-state index contributed by atoms with van der Waals surface area (Å²) in [6.45, 7) is -2.95. The van der Waals surface area contributed by atoms with Gasteiger partial charge in [-0.3, -0.25) is 9.48 Å². The molecule has 0 atom stereocenters. The Morgan fingerprint density at radius 1 is 1.37 bits per heavy atom. The van der Waals surface area contributed by atoms with Crippen LogP contribution >= 0.6 is 0 Å². The van der Waals surface area contributed by atoms with E-state index in [0.29, 0.717) is 0 Å². The second kappa shape index (κ2) is 5.47. The van der Waals surface area contributed by atoms with Gasteiger partial charge in [-0.25, -0.2) is 0 Å². The molecule has 0 aliphatic heterocycles. The molecule has 0 unspecified atom stereocenters. The average Bonchev–Trinajstić information content (AvgIpc) is 2.78. The zero-order chi connectivity index (χ0) is 13.8. The van der Waals surface area contributed by atoms with Crippen molar-refractivity contribution in [3.8, 4) is 5.75 Å². The summed E-state index contributed by atoms with van der Waals surface area (Å²) in [5, 5.41) is 6.39. The van der Waals surface area contributed by atoms with Crippen molar-refractivity contribution in [2.24, 2.45) is 7.05 Å². The van der Waals surface area contributed by atoms with Crippen molar-refractivity contribution < 1.29 is 18.3 Å². The Labute approximate surface area is 107 Å². The number of aromatic nitrogens is 2. The molecule has 19 heavy (non-hydrogen) atoms. The van der Waals surface area contributed by atoms with Gasteiger partial charge in [-0.05, 0) is 18.2 Å². The van der Waals surface area contributed by atoms with Gasteiger partial charge in [-0.1, -0.05) is 12.1 Å². The van der Waals surface area contributed by atoms with Crippen LogP contribution in [-0.4, -0.2) is 22.3 Å². The fourth-order valence-corrected chi connectivity index (χ4v) is 1.49. The highest BCUT2D eigenvalue weighted by Gasteiger charge is 2.14. The van der Waals surface area contributed by atoms with E-state index in [-0.39, 0.29) is 17.1 Å². The zero-order valence-electron chi connectivity index (χ0n) is 10.0. The fourth-order valence-electron chi connectivity index (χ4n) is 1.49. The number of halogens is 2. The smallest absolute Gasteiger partial charge is 0.387 e. The van der Waals surface area contributed by atoms with Crippen LogP contribution in [0.3, 0.4) is 0 Å². The van der Waals surface area contributed by atoms with Crippen LogP contribution in [0.4, 0.5) is 14.5 Å². The van der Waals surface area contributed by atoms with E-state index in [1.807, 2.05) is 0 Å². The lowest BCUT2D eigenvalue weighted by molar-refractivity contribution is -0.0493. The Hall–Kier alpha value is -2.44. The molecule has 0 aliphatic rings. The summed E-state index contributed by atoms with van der Waals surface area (Å²) in [7, 11) is 1.67. The van der Waals surface area contributed by atoms with Crippen molar-refractivity contribution in [3.63, 3.8) is 0 Å². The lowest BCUT2D eigenvalue weighted by Crippen LogP contribution is -2.14. The van der Waals surface area contributed by atoms with Crippen molar-refractivity contribution in [1.29, 1.82) is 0 Å². The van der Waals surface area contributed by atoms with Gasteiger partial charge in [-0.2, -0.15) is 13.9 Å². The number of aryl methyl sites for hydroxylation is 1. The van der Waals surface area contributed by atoms with E-state index in [1.54, 1.807) is 19.3 Å². The number of nitrogens with zero attached hydrogens (tertiary/aromatic N) is 2. The molecular weight excluding hydrogens is 256 g/mol. The molecule has 1 aromatic heterocycles. The molecule has 0 spiro atoms. The van der Waals surface area contributed by atoms with E-state index in [4.69, 9.17) is 0 Å². The maximum absolute atomic E-state index is 12.2. The highest BCUT2D eigenvalue weighted by molar-refractivity contribution is 6.03. The Bertz CT molecular complexity index is 584. The van der Waals surface area contributed by atoms with Crippen LogP contribution in [0.5, 0.6) is 5.75 Å². The molecule has 0 saturated heterocycles. The number of hydrogen-bond acceptors (Lipinski definition) is 3. The van der Waals surface area contributed by atoms with E-state index < -0.39 is 12.5 Å². The van der Waals surface area contributed by atoms with Crippen LogP contribution in [0.2, 0.25) is 0 Å². The summed E-state index contributed by atoms with van der Waals surface area (Å²) in [6.07, 6.45) is 1.61. The summed E-state index contributed by atoms with van der Waals surface area (Å²) < 4.78 is 30.2. The second-order valence-corrected chi connectivity index (χ2v) is 3.70. The Morgan fingerprint density at radius 3 is 2.74 bits per heavy atom. The van der Waals surface area contributed by atoms with Crippen molar-refractivity contribution >= 4 is 11.6 Å². The summed E-state index contributed by atoms with van der Waals surface area (Å²) in [5.74, 6) is -0.590. The third-order valence-corrected chi connectivity index (χ3v) is 2.30. The van der Waals surface area contributed by atoms with Crippen molar-refractivity contribution in [2.75, 3.05) is 5.32 Å². The number of carbonyl (C=O) groups excluding carboxylic acids is 1. The molecule has 0 bridgehead atoms. The van der Waals surface area contributed by atoms with E-state index in [0.717, 1.165) is 0 Å². The number of benzene rings is 1. The van der Waals surface area contributed by atoms with Gasteiger partial charge in [0.1, 0.15) is 5.75 Å². The fraction of sp³-hybridized carbons (Fsp3) is 0.167. The molecule has 1 N–H and O–H groups in total. The lowest BCUT2D eigenvalue weighted by atomic mass is 10.3. The first-order valence-electron chi connectivity index (χ1n) is 5.41. The molecule has 0 aliphatic carbocycles. The molecule has 0 fully saturated rings. The van der Waals surface area contributed by atoms with Crippen LogP contribution in [0.15, 0.2) is 36.5 Å². The summed E-state index contributed by atoms with van der Waals surface area (Å²) in [6, 6.07) is 7.48. The third-order valence-electron chi connectivity index (χ3n) is 2.30. The van der Waals surface area contributed by atoms with Gasteiger partial charge in [0.2, 0.25) is 0 Å². The number of hydrogen-bond donors (Lipinski definition) is 1.